The van der Waals surface area contributed by atoms with Gasteiger partial charge in [0, 0.05) is 12.1 Å². The molecule has 7 heteroatoms. The zero-order valence-corrected chi connectivity index (χ0v) is 15.7. The van der Waals surface area contributed by atoms with Crippen molar-refractivity contribution < 1.29 is 13.2 Å². The van der Waals surface area contributed by atoms with Gasteiger partial charge in [-0.25, -0.2) is 8.42 Å². The predicted molar refractivity (Wildman–Crippen MR) is 101 cm³/mol. The van der Waals surface area contributed by atoms with Gasteiger partial charge in [-0.1, -0.05) is 43.6 Å². The van der Waals surface area contributed by atoms with E-state index in [4.69, 9.17) is 11.6 Å². The topological polar surface area (TPSA) is 75.3 Å². The molecule has 0 aliphatic rings. The molecule has 2 rings (SSSR count). The molecule has 0 saturated heterocycles. The van der Waals surface area contributed by atoms with Crippen LogP contribution in [-0.4, -0.2) is 14.3 Å². The number of benzene rings is 2. The molecule has 1 amide bonds. The number of halogens is 1. The Hall–Kier alpha value is -2.05. The maximum Gasteiger partial charge on any atom is 0.262 e. The SMILES string of the molecule is CC(C)CCC(=O)Nc1cccc(S(=O)(=O)Nc2ccccc2Cl)c1. The Morgan fingerprint density at radius 1 is 1.12 bits per heavy atom. The number of nitrogens with one attached hydrogen (secondary N) is 2. The standard InChI is InChI=1S/C18H21ClN2O3S/c1-13(2)10-11-18(22)20-14-6-5-7-15(12-14)25(23,24)21-17-9-4-3-8-16(17)19/h3-9,12-13,21H,10-11H2,1-2H3,(H,20,22). The highest BCUT2D eigenvalue weighted by Crippen LogP contribution is 2.25. The minimum absolute atomic E-state index is 0.0501. The first kappa shape index (κ1) is 19.3. The van der Waals surface area contributed by atoms with Crippen molar-refractivity contribution in [2.24, 2.45) is 5.92 Å². The van der Waals surface area contributed by atoms with Crippen LogP contribution >= 0.6 is 11.6 Å². The molecule has 0 aromatic heterocycles. The molecule has 2 aromatic carbocycles. The van der Waals surface area contributed by atoms with E-state index in [-0.39, 0.29) is 10.8 Å². The van der Waals surface area contributed by atoms with Gasteiger partial charge in [0.25, 0.3) is 10.0 Å². The summed E-state index contributed by atoms with van der Waals surface area (Å²) in [5.41, 5.74) is 0.742. The van der Waals surface area contributed by atoms with Gasteiger partial charge in [-0.2, -0.15) is 0 Å². The van der Waals surface area contributed by atoms with Crippen molar-refractivity contribution in [1.29, 1.82) is 0 Å². The summed E-state index contributed by atoms with van der Waals surface area (Å²) in [5.74, 6) is 0.291. The lowest BCUT2D eigenvalue weighted by Gasteiger charge is -2.11. The average Bonchev–Trinajstić information content (AvgIpc) is 2.55. The van der Waals surface area contributed by atoms with Crippen molar-refractivity contribution in [2.45, 2.75) is 31.6 Å². The fourth-order valence-corrected chi connectivity index (χ4v) is 3.50. The number of anilines is 2. The van der Waals surface area contributed by atoms with E-state index in [1.165, 1.54) is 12.1 Å². The monoisotopic (exact) mass is 380 g/mol. The van der Waals surface area contributed by atoms with Crippen LogP contribution in [0.3, 0.4) is 0 Å². The normalized spacial score (nSPS) is 11.4. The molecule has 5 nitrogen and oxygen atoms in total. The highest BCUT2D eigenvalue weighted by atomic mass is 35.5. The number of hydrogen-bond acceptors (Lipinski definition) is 3. The molecular weight excluding hydrogens is 360 g/mol. The lowest BCUT2D eigenvalue weighted by molar-refractivity contribution is -0.116. The third-order valence-corrected chi connectivity index (χ3v) is 5.19. The number of sulfonamides is 1. The van der Waals surface area contributed by atoms with Gasteiger partial charge in [-0.15, -0.1) is 0 Å². The minimum Gasteiger partial charge on any atom is -0.326 e. The average molecular weight is 381 g/mol. The van der Waals surface area contributed by atoms with Gasteiger partial charge in [-0.3, -0.25) is 9.52 Å². The summed E-state index contributed by atoms with van der Waals surface area (Å²) in [5, 5.41) is 3.04. The van der Waals surface area contributed by atoms with E-state index in [1.54, 1.807) is 36.4 Å². The minimum atomic E-state index is -3.81. The van der Waals surface area contributed by atoms with E-state index >= 15 is 0 Å². The Morgan fingerprint density at radius 3 is 2.52 bits per heavy atom. The largest absolute Gasteiger partial charge is 0.326 e. The molecule has 0 radical (unpaired) electrons. The predicted octanol–water partition coefficient (Wildman–Crippen LogP) is 4.52. The molecule has 0 heterocycles. The van der Waals surface area contributed by atoms with E-state index in [9.17, 15) is 13.2 Å². The summed E-state index contributed by atoms with van der Waals surface area (Å²) in [6.45, 7) is 4.09. The van der Waals surface area contributed by atoms with E-state index in [2.05, 4.69) is 10.0 Å². The van der Waals surface area contributed by atoms with Gasteiger partial charge in [0.15, 0.2) is 0 Å². The van der Waals surface area contributed by atoms with Crippen LogP contribution in [0.2, 0.25) is 5.02 Å². The van der Waals surface area contributed by atoms with Crippen molar-refractivity contribution in [2.75, 3.05) is 10.0 Å². The molecule has 0 fully saturated rings. The maximum absolute atomic E-state index is 12.5. The molecule has 2 aromatic rings. The quantitative estimate of drug-likeness (QED) is 0.741. The first-order chi connectivity index (χ1) is 11.8. The van der Waals surface area contributed by atoms with Crippen LogP contribution in [0, 0.1) is 5.92 Å². The van der Waals surface area contributed by atoms with E-state index in [0.717, 1.165) is 6.42 Å². The molecule has 25 heavy (non-hydrogen) atoms. The van der Waals surface area contributed by atoms with Gasteiger partial charge >= 0.3 is 0 Å². The van der Waals surface area contributed by atoms with Gasteiger partial charge in [-0.05, 0) is 42.7 Å². The van der Waals surface area contributed by atoms with E-state index < -0.39 is 10.0 Å². The van der Waals surface area contributed by atoms with Gasteiger partial charge in [0.05, 0.1) is 15.6 Å². The second kappa shape index (κ2) is 8.36. The Labute approximate surface area is 153 Å². The van der Waals surface area contributed by atoms with Gasteiger partial charge in [0.2, 0.25) is 5.91 Å². The summed E-state index contributed by atoms with van der Waals surface area (Å²) < 4.78 is 27.5. The van der Waals surface area contributed by atoms with Crippen molar-refractivity contribution in [3.63, 3.8) is 0 Å². The Bertz CT molecular complexity index is 851. The number of hydrogen-bond donors (Lipinski definition) is 2. The van der Waals surface area contributed by atoms with Crippen LogP contribution in [0.25, 0.3) is 0 Å². The second-order valence-electron chi connectivity index (χ2n) is 6.09. The van der Waals surface area contributed by atoms with Crippen molar-refractivity contribution in [3.05, 3.63) is 53.6 Å². The highest BCUT2D eigenvalue weighted by molar-refractivity contribution is 7.92. The Balaban J connectivity index is 2.14. The first-order valence-electron chi connectivity index (χ1n) is 7.95. The summed E-state index contributed by atoms with van der Waals surface area (Å²) >= 11 is 5.99. The van der Waals surface area contributed by atoms with E-state index in [0.29, 0.717) is 28.7 Å². The Kier molecular flexibility index (Phi) is 6.45. The van der Waals surface area contributed by atoms with Crippen LogP contribution in [0.15, 0.2) is 53.4 Å². The number of carbonyl (C=O) groups excluding carboxylic acids is 1. The molecule has 2 N–H and O–H groups in total. The number of rotatable bonds is 7. The molecule has 0 saturated carbocycles. The summed E-state index contributed by atoms with van der Waals surface area (Å²) in [6.07, 6.45) is 1.17. The van der Waals surface area contributed by atoms with Crippen molar-refractivity contribution in [3.8, 4) is 0 Å². The third kappa shape index (κ3) is 5.76. The van der Waals surface area contributed by atoms with Crippen LogP contribution in [0.5, 0.6) is 0 Å². The molecule has 134 valence electrons. The Morgan fingerprint density at radius 2 is 1.84 bits per heavy atom. The van der Waals surface area contributed by atoms with Crippen LogP contribution in [0.1, 0.15) is 26.7 Å². The van der Waals surface area contributed by atoms with Gasteiger partial charge < -0.3 is 5.32 Å². The number of amides is 1. The summed E-state index contributed by atoms with van der Waals surface area (Å²) in [6, 6.07) is 12.7. The lowest BCUT2D eigenvalue weighted by atomic mass is 10.1. The highest BCUT2D eigenvalue weighted by Gasteiger charge is 2.16. The van der Waals surface area contributed by atoms with Crippen LogP contribution in [0.4, 0.5) is 11.4 Å². The molecular formula is C18H21ClN2O3S. The zero-order valence-electron chi connectivity index (χ0n) is 14.1. The fourth-order valence-electron chi connectivity index (χ4n) is 2.13. The van der Waals surface area contributed by atoms with E-state index in [1.807, 2.05) is 13.8 Å². The molecule has 0 spiro atoms. The zero-order chi connectivity index (χ0) is 18.4. The maximum atomic E-state index is 12.5. The van der Waals surface area contributed by atoms with Crippen molar-refractivity contribution in [1.82, 2.24) is 0 Å². The van der Waals surface area contributed by atoms with Crippen LogP contribution < -0.4 is 10.0 Å². The summed E-state index contributed by atoms with van der Waals surface area (Å²) in [7, 11) is -3.81. The van der Waals surface area contributed by atoms with Crippen LogP contribution in [-0.2, 0) is 14.8 Å². The molecule has 0 aliphatic heterocycles. The lowest BCUT2D eigenvalue weighted by Crippen LogP contribution is -2.15. The smallest absolute Gasteiger partial charge is 0.262 e. The fraction of sp³-hybridized carbons (Fsp3) is 0.278. The second-order valence-corrected chi connectivity index (χ2v) is 8.18. The van der Waals surface area contributed by atoms with Gasteiger partial charge in [0.1, 0.15) is 0 Å². The molecule has 0 bridgehead atoms. The number of carbonyl (C=O) groups is 1. The molecule has 0 atom stereocenters. The summed E-state index contributed by atoms with van der Waals surface area (Å²) in [4.78, 5) is 12.0. The molecule has 0 unspecified atom stereocenters. The molecule has 0 aliphatic carbocycles. The first-order valence-corrected chi connectivity index (χ1v) is 9.81. The number of para-hydroxylation sites is 1. The third-order valence-electron chi connectivity index (χ3n) is 3.50. The van der Waals surface area contributed by atoms with Crippen molar-refractivity contribution >= 4 is 38.9 Å².